The van der Waals surface area contributed by atoms with Gasteiger partial charge in [0.15, 0.2) is 0 Å². The van der Waals surface area contributed by atoms with Gasteiger partial charge in [-0.1, -0.05) is 6.07 Å². The molecule has 1 atom stereocenters. The lowest BCUT2D eigenvalue weighted by molar-refractivity contribution is 0.0342. The van der Waals surface area contributed by atoms with Gasteiger partial charge in [0.25, 0.3) is 0 Å². The second-order valence-corrected chi connectivity index (χ2v) is 5.18. The Bertz CT molecular complexity index is 510. The van der Waals surface area contributed by atoms with Crippen LogP contribution >= 0.6 is 0 Å². The van der Waals surface area contributed by atoms with Crippen LogP contribution in [-0.4, -0.2) is 35.9 Å². The first-order valence-corrected chi connectivity index (χ1v) is 6.49. The van der Waals surface area contributed by atoms with E-state index in [1.54, 1.807) is 12.1 Å². The molecule has 1 saturated heterocycles. The summed E-state index contributed by atoms with van der Waals surface area (Å²) in [7, 11) is 0. The van der Waals surface area contributed by atoms with Crippen LogP contribution in [0.3, 0.4) is 0 Å². The summed E-state index contributed by atoms with van der Waals surface area (Å²) in [4.78, 5) is 22.8. The van der Waals surface area contributed by atoms with Crippen molar-refractivity contribution in [2.24, 2.45) is 0 Å². The van der Waals surface area contributed by atoms with Crippen molar-refractivity contribution >= 4 is 17.7 Å². The van der Waals surface area contributed by atoms with E-state index in [2.05, 4.69) is 10.6 Å². The zero-order valence-electron chi connectivity index (χ0n) is 11.3. The molecule has 6 heteroatoms. The van der Waals surface area contributed by atoms with E-state index in [0.29, 0.717) is 12.3 Å². The average molecular weight is 278 g/mol. The number of aromatic carboxylic acids is 1. The van der Waals surface area contributed by atoms with Crippen molar-refractivity contribution in [3.8, 4) is 0 Å². The minimum absolute atomic E-state index is 0.134. The van der Waals surface area contributed by atoms with Crippen LogP contribution in [0, 0.1) is 0 Å². The highest BCUT2D eigenvalue weighted by Crippen LogP contribution is 2.18. The molecule has 20 heavy (non-hydrogen) atoms. The molecule has 0 aromatic heterocycles. The first-order valence-electron chi connectivity index (χ1n) is 6.49. The van der Waals surface area contributed by atoms with Crippen LogP contribution in [-0.2, 0) is 4.74 Å². The molecule has 6 nitrogen and oxygen atoms in total. The van der Waals surface area contributed by atoms with E-state index in [-0.39, 0.29) is 17.1 Å². The molecule has 1 heterocycles. The van der Waals surface area contributed by atoms with Gasteiger partial charge in [0.1, 0.15) is 0 Å². The maximum Gasteiger partial charge on any atom is 0.335 e. The number of ether oxygens (including phenoxy) is 1. The van der Waals surface area contributed by atoms with Crippen LogP contribution in [0.25, 0.3) is 0 Å². The van der Waals surface area contributed by atoms with Gasteiger partial charge < -0.3 is 20.5 Å². The molecule has 2 amide bonds. The van der Waals surface area contributed by atoms with Gasteiger partial charge in [-0.3, -0.25) is 0 Å². The minimum Gasteiger partial charge on any atom is -0.478 e. The number of rotatable bonds is 3. The van der Waals surface area contributed by atoms with Gasteiger partial charge >= 0.3 is 12.0 Å². The van der Waals surface area contributed by atoms with Crippen LogP contribution in [0.15, 0.2) is 24.3 Å². The second-order valence-electron chi connectivity index (χ2n) is 5.18. The van der Waals surface area contributed by atoms with Crippen molar-refractivity contribution in [1.82, 2.24) is 5.32 Å². The number of amides is 2. The van der Waals surface area contributed by atoms with E-state index in [1.165, 1.54) is 12.1 Å². The molecule has 0 bridgehead atoms. The molecule has 108 valence electrons. The number of hydrogen-bond donors (Lipinski definition) is 3. The molecular weight excluding hydrogens is 260 g/mol. The van der Waals surface area contributed by atoms with Crippen molar-refractivity contribution < 1.29 is 19.4 Å². The number of carbonyl (C=O) groups excluding carboxylic acids is 1. The summed E-state index contributed by atoms with van der Waals surface area (Å²) in [6, 6.07) is 5.76. The summed E-state index contributed by atoms with van der Waals surface area (Å²) >= 11 is 0. The zero-order chi connectivity index (χ0) is 14.6. The molecule has 0 spiro atoms. The molecule has 1 fully saturated rings. The summed E-state index contributed by atoms with van der Waals surface area (Å²) in [5, 5.41) is 14.4. The first kappa shape index (κ1) is 14.3. The normalized spacial score (nSPS) is 22.1. The maximum atomic E-state index is 11.9. The molecule has 1 unspecified atom stereocenters. The Balaban J connectivity index is 1.97. The Labute approximate surface area is 117 Å². The summed E-state index contributed by atoms with van der Waals surface area (Å²) in [6.07, 6.45) is 1.76. The van der Waals surface area contributed by atoms with E-state index in [9.17, 15) is 9.59 Å². The Morgan fingerprint density at radius 3 is 2.85 bits per heavy atom. The van der Waals surface area contributed by atoms with E-state index in [4.69, 9.17) is 9.84 Å². The topological polar surface area (TPSA) is 87.7 Å². The third-order valence-electron chi connectivity index (χ3n) is 3.22. The lowest BCUT2D eigenvalue weighted by Gasteiger charge is -2.34. The standard InChI is InChI=1S/C14H18N2O4/c1-14(6-3-7-20-9-14)16-13(19)15-11-5-2-4-10(8-11)12(17)18/h2,4-5,8H,3,6-7,9H2,1H3,(H,17,18)(H2,15,16,19). The second kappa shape index (κ2) is 5.92. The fourth-order valence-electron chi connectivity index (χ4n) is 2.20. The van der Waals surface area contributed by atoms with Crippen LogP contribution in [0.5, 0.6) is 0 Å². The van der Waals surface area contributed by atoms with E-state index >= 15 is 0 Å². The predicted molar refractivity (Wildman–Crippen MR) is 74.0 cm³/mol. The van der Waals surface area contributed by atoms with Gasteiger partial charge in [0.2, 0.25) is 0 Å². The average Bonchev–Trinajstić information content (AvgIpc) is 2.39. The van der Waals surface area contributed by atoms with Crippen molar-refractivity contribution in [2.75, 3.05) is 18.5 Å². The highest BCUT2D eigenvalue weighted by molar-refractivity contribution is 5.93. The fraction of sp³-hybridized carbons (Fsp3) is 0.429. The van der Waals surface area contributed by atoms with Crippen LogP contribution in [0.1, 0.15) is 30.1 Å². The van der Waals surface area contributed by atoms with Crippen LogP contribution < -0.4 is 10.6 Å². The summed E-state index contributed by atoms with van der Waals surface area (Å²) in [5.74, 6) is -1.03. The number of anilines is 1. The van der Waals surface area contributed by atoms with Crippen LogP contribution in [0.4, 0.5) is 10.5 Å². The summed E-state index contributed by atoms with van der Waals surface area (Å²) in [6.45, 7) is 3.13. The minimum atomic E-state index is -1.03. The SMILES string of the molecule is CC1(NC(=O)Nc2cccc(C(=O)O)c2)CCCOC1. The fourth-order valence-corrected chi connectivity index (χ4v) is 2.20. The maximum absolute atomic E-state index is 11.9. The number of benzene rings is 1. The Morgan fingerprint density at radius 2 is 2.20 bits per heavy atom. The van der Waals surface area contributed by atoms with Crippen LogP contribution in [0.2, 0.25) is 0 Å². The third-order valence-corrected chi connectivity index (χ3v) is 3.22. The molecule has 1 aromatic carbocycles. The van der Waals surface area contributed by atoms with Gasteiger partial charge in [-0.05, 0) is 38.0 Å². The first-order chi connectivity index (χ1) is 9.48. The van der Waals surface area contributed by atoms with Gasteiger partial charge in [0, 0.05) is 12.3 Å². The molecular formula is C14H18N2O4. The lowest BCUT2D eigenvalue weighted by Crippen LogP contribution is -2.52. The van der Waals surface area contributed by atoms with Gasteiger partial charge in [-0.15, -0.1) is 0 Å². The highest BCUT2D eigenvalue weighted by atomic mass is 16.5. The smallest absolute Gasteiger partial charge is 0.335 e. The molecule has 3 N–H and O–H groups in total. The summed E-state index contributed by atoms with van der Waals surface area (Å²) < 4.78 is 5.37. The third kappa shape index (κ3) is 3.71. The monoisotopic (exact) mass is 278 g/mol. The lowest BCUT2D eigenvalue weighted by atomic mass is 9.95. The highest BCUT2D eigenvalue weighted by Gasteiger charge is 2.29. The van der Waals surface area contributed by atoms with Gasteiger partial charge in [0.05, 0.1) is 17.7 Å². The quantitative estimate of drug-likeness (QED) is 0.790. The molecule has 0 aliphatic carbocycles. The Hall–Kier alpha value is -2.08. The molecule has 1 aromatic rings. The molecule has 1 aliphatic heterocycles. The molecule has 0 radical (unpaired) electrons. The number of carboxylic acid groups (broad SMARTS) is 1. The number of carboxylic acids is 1. The number of nitrogens with one attached hydrogen (secondary N) is 2. The van der Waals surface area contributed by atoms with Gasteiger partial charge in [-0.25, -0.2) is 9.59 Å². The molecule has 0 saturated carbocycles. The van der Waals surface area contributed by atoms with E-state index in [1.807, 2.05) is 6.92 Å². The van der Waals surface area contributed by atoms with Crippen molar-refractivity contribution in [1.29, 1.82) is 0 Å². The van der Waals surface area contributed by atoms with Crippen molar-refractivity contribution in [3.63, 3.8) is 0 Å². The largest absolute Gasteiger partial charge is 0.478 e. The predicted octanol–water partition coefficient (Wildman–Crippen LogP) is 2.08. The van der Waals surface area contributed by atoms with Crippen molar-refractivity contribution in [3.05, 3.63) is 29.8 Å². The summed E-state index contributed by atoms with van der Waals surface area (Å²) in [5.41, 5.74) is 0.199. The van der Waals surface area contributed by atoms with E-state index < -0.39 is 5.97 Å². The molecule has 2 rings (SSSR count). The van der Waals surface area contributed by atoms with E-state index in [0.717, 1.165) is 19.4 Å². The zero-order valence-corrected chi connectivity index (χ0v) is 11.3. The number of carbonyl (C=O) groups is 2. The van der Waals surface area contributed by atoms with Gasteiger partial charge in [-0.2, -0.15) is 0 Å². The number of urea groups is 1. The number of hydrogen-bond acceptors (Lipinski definition) is 3. The Morgan fingerprint density at radius 1 is 1.40 bits per heavy atom. The molecule has 1 aliphatic rings. The van der Waals surface area contributed by atoms with Crippen molar-refractivity contribution in [2.45, 2.75) is 25.3 Å². The Kier molecular flexibility index (Phi) is 4.24.